The fourth-order valence-electron chi connectivity index (χ4n) is 4.88. The molecule has 1 aliphatic rings. The number of rotatable bonds is 6. The van der Waals surface area contributed by atoms with Gasteiger partial charge in [-0.25, -0.2) is 9.48 Å². The van der Waals surface area contributed by atoms with Gasteiger partial charge in [0.2, 0.25) is 0 Å². The highest BCUT2D eigenvalue weighted by Crippen LogP contribution is 2.28. The molecule has 1 saturated heterocycles. The molecule has 0 unspecified atom stereocenters. The van der Waals surface area contributed by atoms with Gasteiger partial charge in [0.25, 0.3) is 5.91 Å². The fourth-order valence-corrected chi connectivity index (χ4v) is 4.88. The van der Waals surface area contributed by atoms with E-state index in [0.717, 1.165) is 35.4 Å². The summed E-state index contributed by atoms with van der Waals surface area (Å²) in [7, 11) is 0. The van der Waals surface area contributed by atoms with Crippen LogP contribution >= 0.6 is 0 Å². The molecule has 1 aromatic heterocycles. The molecule has 2 heterocycles. The Balaban J connectivity index is 1.26. The lowest BCUT2D eigenvalue weighted by Gasteiger charge is -2.31. The molecule has 3 aromatic carbocycles. The summed E-state index contributed by atoms with van der Waals surface area (Å²) in [5.74, 6) is 1.07. The van der Waals surface area contributed by atoms with E-state index in [0.29, 0.717) is 31.7 Å². The quantitative estimate of drug-likeness (QED) is 0.410. The summed E-state index contributed by atoms with van der Waals surface area (Å²) in [5.41, 5.74) is 3.94. The molecule has 0 spiro atoms. The maximum atomic E-state index is 13.1. The number of carbonyl (C=O) groups excluding carboxylic acids is 1. The number of piperidine rings is 1. The van der Waals surface area contributed by atoms with Gasteiger partial charge in [-0.2, -0.15) is 5.10 Å². The largest absolute Gasteiger partial charge is 0.346 e. The number of aromatic nitrogens is 3. The predicted octanol–water partition coefficient (Wildman–Crippen LogP) is 4.80. The minimum Gasteiger partial charge on any atom is -0.339 e. The third-order valence-corrected chi connectivity index (χ3v) is 6.83. The first-order chi connectivity index (χ1) is 17.1. The molecule has 1 amide bonds. The van der Waals surface area contributed by atoms with E-state index in [1.807, 2.05) is 84.6 Å². The van der Waals surface area contributed by atoms with Crippen LogP contribution in [0.2, 0.25) is 0 Å². The van der Waals surface area contributed by atoms with E-state index in [9.17, 15) is 9.59 Å². The van der Waals surface area contributed by atoms with Crippen LogP contribution in [0.25, 0.3) is 11.1 Å². The maximum absolute atomic E-state index is 13.1. The number of carbonyl (C=O) groups is 1. The topological polar surface area (TPSA) is 60.1 Å². The molecule has 0 radical (unpaired) electrons. The molecule has 178 valence electrons. The van der Waals surface area contributed by atoms with Crippen molar-refractivity contribution in [3.8, 4) is 11.1 Å². The van der Waals surface area contributed by atoms with Crippen molar-refractivity contribution in [3.63, 3.8) is 0 Å². The summed E-state index contributed by atoms with van der Waals surface area (Å²) >= 11 is 0. The molecule has 1 aliphatic heterocycles. The summed E-state index contributed by atoms with van der Waals surface area (Å²) < 4.78 is 3.35. The maximum Gasteiger partial charge on any atom is 0.346 e. The van der Waals surface area contributed by atoms with Crippen molar-refractivity contribution in [2.24, 2.45) is 0 Å². The van der Waals surface area contributed by atoms with Gasteiger partial charge in [-0.05, 0) is 48.6 Å². The van der Waals surface area contributed by atoms with Gasteiger partial charge >= 0.3 is 5.69 Å². The molecule has 1 fully saturated rings. The lowest BCUT2D eigenvalue weighted by Crippen LogP contribution is -2.38. The Labute approximate surface area is 205 Å². The zero-order valence-electron chi connectivity index (χ0n) is 20.0. The fraction of sp³-hybridized carbons (Fsp3) is 0.276. The Hall–Kier alpha value is -3.93. The smallest absolute Gasteiger partial charge is 0.339 e. The molecule has 4 aromatic rings. The number of hydrogen-bond acceptors (Lipinski definition) is 3. The van der Waals surface area contributed by atoms with Crippen LogP contribution < -0.4 is 5.69 Å². The van der Waals surface area contributed by atoms with Crippen molar-refractivity contribution in [3.05, 3.63) is 112 Å². The van der Waals surface area contributed by atoms with Crippen molar-refractivity contribution in [1.82, 2.24) is 19.2 Å². The van der Waals surface area contributed by atoms with Gasteiger partial charge in [0.1, 0.15) is 5.82 Å². The Morgan fingerprint density at radius 1 is 0.857 bits per heavy atom. The van der Waals surface area contributed by atoms with Gasteiger partial charge in [-0.15, -0.1) is 0 Å². The molecule has 0 N–H and O–H groups in total. The van der Waals surface area contributed by atoms with Crippen LogP contribution in [0, 0.1) is 0 Å². The SMILES string of the molecule is CCn1c(C2CCN(C(=O)c3ccc(-c4ccccc4)cc3)CC2)nn(Cc2ccccc2)c1=O. The standard InChI is InChI=1S/C29H30N4O2/c1-2-32-27(30-33(29(32)35)21-22-9-5-3-6-10-22)25-17-19-31(20-18-25)28(34)26-15-13-24(14-16-26)23-11-7-4-8-12-23/h3-16,25H,2,17-21H2,1H3. The number of nitrogens with zero attached hydrogens (tertiary/aromatic N) is 4. The summed E-state index contributed by atoms with van der Waals surface area (Å²) in [5, 5.41) is 4.73. The van der Waals surface area contributed by atoms with Gasteiger partial charge in [0.15, 0.2) is 0 Å². The Kier molecular flexibility index (Phi) is 6.62. The average Bonchev–Trinajstić information content (AvgIpc) is 3.24. The molecule has 0 bridgehead atoms. The molecule has 0 atom stereocenters. The third-order valence-electron chi connectivity index (χ3n) is 6.83. The molecule has 0 aliphatic carbocycles. The third kappa shape index (κ3) is 4.83. The zero-order valence-corrected chi connectivity index (χ0v) is 20.0. The molecule has 0 saturated carbocycles. The minimum atomic E-state index is -0.0663. The van der Waals surface area contributed by atoms with E-state index in [4.69, 9.17) is 5.10 Å². The lowest BCUT2D eigenvalue weighted by molar-refractivity contribution is 0.0710. The normalized spacial score (nSPS) is 14.3. The number of hydrogen-bond donors (Lipinski definition) is 0. The Morgan fingerprint density at radius 2 is 1.46 bits per heavy atom. The first-order valence-corrected chi connectivity index (χ1v) is 12.3. The van der Waals surface area contributed by atoms with E-state index >= 15 is 0 Å². The first-order valence-electron chi connectivity index (χ1n) is 12.3. The second-order valence-corrected chi connectivity index (χ2v) is 9.04. The van der Waals surface area contributed by atoms with E-state index in [-0.39, 0.29) is 17.5 Å². The number of amides is 1. The molecule has 35 heavy (non-hydrogen) atoms. The van der Waals surface area contributed by atoms with Crippen molar-refractivity contribution in [2.45, 2.75) is 38.8 Å². The van der Waals surface area contributed by atoms with Crippen LogP contribution in [0.4, 0.5) is 0 Å². The van der Waals surface area contributed by atoms with Crippen LogP contribution in [0.5, 0.6) is 0 Å². The van der Waals surface area contributed by atoms with Crippen LogP contribution in [0.15, 0.2) is 89.7 Å². The second-order valence-electron chi connectivity index (χ2n) is 9.04. The summed E-state index contributed by atoms with van der Waals surface area (Å²) in [4.78, 5) is 28.0. The van der Waals surface area contributed by atoms with E-state index in [1.165, 1.54) is 0 Å². The Bertz CT molecular complexity index is 1330. The molecular formula is C29H30N4O2. The highest BCUT2D eigenvalue weighted by Gasteiger charge is 2.28. The van der Waals surface area contributed by atoms with Crippen LogP contribution in [-0.2, 0) is 13.1 Å². The number of benzene rings is 3. The monoisotopic (exact) mass is 466 g/mol. The van der Waals surface area contributed by atoms with Gasteiger partial charge in [0, 0.05) is 31.1 Å². The average molecular weight is 467 g/mol. The zero-order chi connectivity index (χ0) is 24.2. The van der Waals surface area contributed by atoms with Gasteiger partial charge in [-0.3, -0.25) is 9.36 Å². The van der Waals surface area contributed by atoms with E-state index in [1.54, 1.807) is 9.25 Å². The van der Waals surface area contributed by atoms with Crippen molar-refractivity contribution >= 4 is 5.91 Å². The van der Waals surface area contributed by atoms with Crippen molar-refractivity contribution < 1.29 is 4.79 Å². The van der Waals surface area contributed by atoms with Crippen molar-refractivity contribution in [1.29, 1.82) is 0 Å². The summed E-state index contributed by atoms with van der Waals surface area (Å²) in [6.07, 6.45) is 1.60. The summed E-state index contributed by atoms with van der Waals surface area (Å²) in [6, 6.07) is 27.9. The predicted molar refractivity (Wildman–Crippen MR) is 137 cm³/mol. The van der Waals surface area contributed by atoms with Gasteiger partial charge < -0.3 is 4.90 Å². The first kappa shape index (κ1) is 22.8. The van der Waals surface area contributed by atoms with Crippen LogP contribution in [0.1, 0.15) is 47.4 Å². The molecule has 5 rings (SSSR count). The van der Waals surface area contributed by atoms with Crippen LogP contribution in [-0.4, -0.2) is 38.2 Å². The van der Waals surface area contributed by atoms with E-state index < -0.39 is 0 Å². The molecular weight excluding hydrogens is 436 g/mol. The minimum absolute atomic E-state index is 0.0607. The number of likely N-dealkylation sites (tertiary alicyclic amines) is 1. The van der Waals surface area contributed by atoms with Gasteiger partial charge in [-0.1, -0.05) is 72.8 Å². The highest BCUT2D eigenvalue weighted by atomic mass is 16.2. The van der Waals surface area contributed by atoms with Crippen molar-refractivity contribution in [2.75, 3.05) is 13.1 Å². The highest BCUT2D eigenvalue weighted by molar-refractivity contribution is 5.94. The summed E-state index contributed by atoms with van der Waals surface area (Å²) in [6.45, 7) is 4.36. The van der Waals surface area contributed by atoms with Gasteiger partial charge in [0.05, 0.1) is 6.54 Å². The lowest BCUT2D eigenvalue weighted by atomic mass is 9.95. The molecule has 6 heteroatoms. The Morgan fingerprint density at radius 3 is 2.09 bits per heavy atom. The van der Waals surface area contributed by atoms with Crippen LogP contribution in [0.3, 0.4) is 0 Å². The van der Waals surface area contributed by atoms with E-state index in [2.05, 4.69) is 12.1 Å². The second kappa shape index (κ2) is 10.1. The molecule has 6 nitrogen and oxygen atoms in total.